The van der Waals surface area contributed by atoms with E-state index in [1.54, 1.807) is 12.1 Å². The van der Waals surface area contributed by atoms with Crippen molar-refractivity contribution in [3.05, 3.63) is 35.6 Å². The van der Waals surface area contributed by atoms with E-state index in [9.17, 15) is 13.9 Å². The van der Waals surface area contributed by atoms with Gasteiger partial charge in [0.15, 0.2) is 5.82 Å². The molecule has 2 aromatic heterocycles. The zero-order valence-electron chi connectivity index (χ0n) is 23.0. The van der Waals surface area contributed by atoms with Gasteiger partial charge in [0.2, 0.25) is 0 Å². The molecule has 0 amide bonds. The number of hydrogen-bond donors (Lipinski definition) is 3. The lowest BCUT2D eigenvalue weighted by molar-refractivity contribution is 0.107. The summed E-state index contributed by atoms with van der Waals surface area (Å²) in [5, 5.41) is 23.1. The van der Waals surface area contributed by atoms with Gasteiger partial charge in [0.1, 0.15) is 41.1 Å². The lowest BCUT2D eigenvalue weighted by Gasteiger charge is -2.34. The third-order valence-electron chi connectivity index (χ3n) is 9.57. The molecule has 2 bridgehead atoms. The van der Waals surface area contributed by atoms with Crippen LogP contribution in [0.5, 0.6) is 11.8 Å². The van der Waals surface area contributed by atoms with E-state index in [0.717, 1.165) is 45.3 Å². The van der Waals surface area contributed by atoms with Gasteiger partial charge in [0.25, 0.3) is 0 Å². The molecule has 8 rings (SSSR count). The smallest absolute Gasteiger partial charge is 0.319 e. The number of hydrogen-bond acceptors (Lipinski definition) is 8. The fourth-order valence-corrected chi connectivity index (χ4v) is 7.72. The molecule has 0 spiro atoms. The van der Waals surface area contributed by atoms with Crippen LogP contribution in [0.2, 0.25) is 0 Å². The van der Waals surface area contributed by atoms with Gasteiger partial charge in [-0.05, 0) is 55.8 Å². The molecule has 4 fully saturated rings. The highest BCUT2D eigenvalue weighted by Crippen LogP contribution is 2.42. The Hall–Kier alpha value is -4.01. The van der Waals surface area contributed by atoms with Crippen molar-refractivity contribution in [3.8, 4) is 35.4 Å². The summed E-state index contributed by atoms with van der Waals surface area (Å²) in [6.07, 6.45) is 9.41. The number of piperazine rings is 1. The Morgan fingerprint density at radius 1 is 1.17 bits per heavy atom. The Balaban J connectivity index is 1.28. The second-order valence-corrected chi connectivity index (χ2v) is 12.2. The topological polar surface area (TPSA) is 102 Å². The van der Waals surface area contributed by atoms with Crippen molar-refractivity contribution in [2.24, 2.45) is 0 Å². The predicted molar refractivity (Wildman–Crippen MR) is 155 cm³/mol. The average molecular weight is 572 g/mol. The number of aromatic amines is 1. The molecule has 0 saturated carbocycles. The first-order valence-electron chi connectivity index (χ1n) is 14.6. The summed E-state index contributed by atoms with van der Waals surface area (Å²) in [5.41, 5.74) is 1.70. The fraction of sp³-hybridized carbons (Fsp3) is 0.452. The summed E-state index contributed by atoms with van der Waals surface area (Å²) in [6, 6.07) is 6.87. The lowest BCUT2D eigenvalue weighted by Crippen LogP contribution is -2.51. The molecule has 4 saturated heterocycles. The minimum absolute atomic E-state index is 0.00454. The summed E-state index contributed by atoms with van der Waals surface area (Å²) < 4.78 is 35.6. The van der Waals surface area contributed by atoms with Crippen molar-refractivity contribution in [3.63, 3.8) is 0 Å². The van der Waals surface area contributed by atoms with Crippen molar-refractivity contribution in [2.45, 2.75) is 55.9 Å². The van der Waals surface area contributed by atoms with Crippen molar-refractivity contribution in [1.82, 2.24) is 30.4 Å². The molecule has 0 radical (unpaired) electrons. The van der Waals surface area contributed by atoms with E-state index in [-0.39, 0.29) is 22.9 Å². The highest BCUT2D eigenvalue weighted by atomic mass is 19.1. The third-order valence-corrected chi connectivity index (χ3v) is 9.57. The van der Waals surface area contributed by atoms with Gasteiger partial charge in [-0.3, -0.25) is 10.00 Å². The standard InChI is InChI=1S/C31H31F2N7O2/c1-2-22-24(33)7-4-17-10-21(41)11-23(25(17)22)26-27-28(38-37-26)29(39-14-19-5-6-20(15-39)34-19)36-30(35-27)42-16-31-8-3-9-40(31)13-18(32)12-31/h1,4,7,10-11,18-20,34,41H,3,5-6,8-9,12-16H2,(H,37,38)/t18-,19?,20?,31+/m1/s1. The quantitative estimate of drug-likeness (QED) is 0.310. The van der Waals surface area contributed by atoms with E-state index in [2.05, 4.69) is 31.2 Å². The first-order chi connectivity index (χ1) is 20.4. The number of aromatic hydroxyl groups is 1. The predicted octanol–water partition coefficient (Wildman–Crippen LogP) is 3.89. The molecular weight excluding hydrogens is 540 g/mol. The van der Waals surface area contributed by atoms with Crippen LogP contribution in [0.25, 0.3) is 33.1 Å². The molecule has 2 unspecified atom stereocenters. The van der Waals surface area contributed by atoms with Crippen molar-refractivity contribution < 1.29 is 18.6 Å². The summed E-state index contributed by atoms with van der Waals surface area (Å²) >= 11 is 0. The molecular formula is C31H31F2N7O2. The molecule has 6 heterocycles. The van der Waals surface area contributed by atoms with Crippen molar-refractivity contribution >= 4 is 27.6 Å². The van der Waals surface area contributed by atoms with Crippen LogP contribution < -0.4 is 15.0 Å². The molecule has 4 atom stereocenters. The number of rotatable bonds is 5. The fourth-order valence-electron chi connectivity index (χ4n) is 7.72. The zero-order chi connectivity index (χ0) is 28.6. The van der Waals surface area contributed by atoms with E-state index < -0.39 is 12.0 Å². The number of nitrogens with one attached hydrogen (secondary N) is 2. The Morgan fingerprint density at radius 2 is 2.00 bits per heavy atom. The molecule has 216 valence electrons. The molecule has 4 aliphatic heterocycles. The highest BCUT2D eigenvalue weighted by molar-refractivity contribution is 6.07. The number of benzene rings is 2. The van der Waals surface area contributed by atoms with Gasteiger partial charge < -0.3 is 20.1 Å². The number of nitrogens with zero attached hydrogens (tertiary/aromatic N) is 5. The Morgan fingerprint density at radius 3 is 2.81 bits per heavy atom. The minimum Gasteiger partial charge on any atom is -0.508 e. The van der Waals surface area contributed by atoms with E-state index >= 15 is 0 Å². The van der Waals surface area contributed by atoms with Gasteiger partial charge in [-0.25, -0.2) is 8.78 Å². The van der Waals surface area contributed by atoms with Crippen LogP contribution in [0.3, 0.4) is 0 Å². The average Bonchev–Trinajstić information content (AvgIpc) is 3.73. The molecule has 42 heavy (non-hydrogen) atoms. The van der Waals surface area contributed by atoms with Gasteiger partial charge in [-0.2, -0.15) is 15.1 Å². The number of phenolic OH excluding ortho intramolecular Hbond substituents is 1. The zero-order valence-corrected chi connectivity index (χ0v) is 23.0. The van der Waals surface area contributed by atoms with Crippen molar-refractivity contribution in [1.29, 1.82) is 0 Å². The Labute approximate surface area is 241 Å². The molecule has 4 aliphatic rings. The molecule has 11 heteroatoms. The molecule has 3 N–H and O–H groups in total. The number of fused-ring (bicyclic) bond motifs is 5. The SMILES string of the molecule is C#Cc1c(F)ccc2cc(O)cc(-c3n[nH]c4c(N5CC6CCC(C5)N6)nc(OC[C@@]56CCCN5C[C@H](F)C6)nc34)c12. The number of aromatic nitrogens is 4. The van der Waals surface area contributed by atoms with Crippen LogP contribution in [-0.2, 0) is 0 Å². The minimum atomic E-state index is -0.866. The van der Waals surface area contributed by atoms with Crippen LogP contribution in [0, 0.1) is 18.2 Å². The van der Waals surface area contributed by atoms with Crippen molar-refractivity contribution in [2.75, 3.05) is 37.7 Å². The lowest BCUT2D eigenvalue weighted by atomic mass is 9.95. The largest absolute Gasteiger partial charge is 0.508 e. The van der Waals surface area contributed by atoms with E-state index in [0.29, 0.717) is 70.5 Å². The van der Waals surface area contributed by atoms with E-state index in [4.69, 9.17) is 21.1 Å². The van der Waals surface area contributed by atoms with Gasteiger partial charge in [-0.1, -0.05) is 12.0 Å². The van der Waals surface area contributed by atoms with E-state index in [1.165, 1.54) is 12.1 Å². The molecule has 4 aromatic rings. The molecule has 9 nitrogen and oxygen atoms in total. The molecule has 2 aromatic carbocycles. The summed E-state index contributed by atoms with van der Waals surface area (Å²) in [7, 11) is 0. The Kier molecular flexibility index (Phi) is 5.81. The maximum absolute atomic E-state index is 14.9. The first-order valence-corrected chi connectivity index (χ1v) is 14.6. The van der Waals surface area contributed by atoms with E-state index in [1.807, 2.05) is 0 Å². The van der Waals surface area contributed by atoms with Crippen LogP contribution >= 0.6 is 0 Å². The number of ether oxygens (including phenoxy) is 1. The number of halogens is 2. The normalized spacial score (nSPS) is 27.2. The van der Waals surface area contributed by atoms with Crippen LogP contribution in [-0.4, -0.2) is 86.8 Å². The maximum atomic E-state index is 14.9. The molecule has 0 aliphatic carbocycles. The number of alkyl halides is 1. The highest BCUT2D eigenvalue weighted by Gasteiger charge is 2.49. The number of phenols is 1. The van der Waals surface area contributed by atoms with Crippen LogP contribution in [0.15, 0.2) is 24.3 Å². The van der Waals surface area contributed by atoms with Gasteiger partial charge in [-0.15, -0.1) is 6.42 Å². The summed E-state index contributed by atoms with van der Waals surface area (Å²) in [6.45, 7) is 3.14. The monoisotopic (exact) mass is 571 g/mol. The number of terminal acetylenes is 1. The van der Waals surface area contributed by atoms with Gasteiger partial charge >= 0.3 is 6.01 Å². The third kappa shape index (κ3) is 4.00. The van der Waals surface area contributed by atoms with Gasteiger partial charge in [0.05, 0.1) is 11.1 Å². The Bertz CT molecular complexity index is 1760. The summed E-state index contributed by atoms with van der Waals surface area (Å²) in [4.78, 5) is 14.1. The summed E-state index contributed by atoms with van der Waals surface area (Å²) in [5.74, 6) is 2.61. The number of H-pyrrole nitrogens is 1. The van der Waals surface area contributed by atoms with Crippen LogP contribution in [0.4, 0.5) is 14.6 Å². The van der Waals surface area contributed by atoms with Crippen LogP contribution in [0.1, 0.15) is 37.7 Å². The second kappa shape index (κ2) is 9.51. The second-order valence-electron chi connectivity index (χ2n) is 12.2. The number of anilines is 1. The van der Waals surface area contributed by atoms with Gasteiger partial charge in [0, 0.05) is 49.1 Å². The maximum Gasteiger partial charge on any atom is 0.319 e. The first kappa shape index (κ1) is 25.7.